The average Bonchev–Trinajstić information content (AvgIpc) is 3.43. The van der Waals surface area contributed by atoms with Crippen LogP contribution in [-0.2, 0) is 65.4 Å². The Labute approximate surface area is 492 Å². The van der Waals surface area contributed by atoms with Crippen LogP contribution in [0.5, 0.6) is 0 Å². The van der Waals surface area contributed by atoms with E-state index < -0.39 is 97.5 Å². The lowest BCUT2D eigenvalue weighted by Gasteiger charge is -2.21. The van der Waals surface area contributed by atoms with Crippen molar-refractivity contribution in [1.82, 2.24) is 0 Å². The number of unbranched alkanes of at least 4 members (excludes halogenated alkanes) is 34. The molecule has 0 saturated carbocycles. The summed E-state index contributed by atoms with van der Waals surface area (Å²) in [5, 5.41) is 10.5. The molecule has 17 nitrogen and oxygen atoms in total. The number of carbonyl (C=O) groups is 4. The van der Waals surface area contributed by atoms with Gasteiger partial charge in [0.2, 0.25) is 0 Å². The van der Waals surface area contributed by atoms with Gasteiger partial charge in [-0.25, -0.2) is 9.13 Å². The highest BCUT2D eigenvalue weighted by molar-refractivity contribution is 7.47. The van der Waals surface area contributed by atoms with Gasteiger partial charge in [-0.3, -0.25) is 37.3 Å². The molecule has 0 aromatic carbocycles. The van der Waals surface area contributed by atoms with Crippen molar-refractivity contribution >= 4 is 39.5 Å². The third kappa shape index (κ3) is 56.9. The number of ether oxygens (including phenoxy) is 4. The standard InChI is InChI=1S/C62H120O17P2/c1-6-9-12-15-16-17-18-19-20-21-22-23-24-25-26-29-33-38-43-48-62(67)79-58(52-73-60(65)46-41-37-32-30-27-28-31-36-39-44-55(4)5)54-77-81(70,71)75-50-56(63)49-74-80(68,69)76-53-57(78-61(66)47-42-35-14-11-8-3)51-72-59(64)45-40-34-13-10-7-2/h55-58,63H,6-54H2,1-5H3,(H,68,69)(H,70,71)/t56-,57+,58+/m0/s1. The first-order valence-corrected chi connectivity index (χ1v) is 35.6. The van der Waals surface area contributed by atoms with Crippen LogP contribution in [0.15, 0.2) is 0 Å². The Morgan fingerprint density at radius 3 is 0.840 bits per heavy atom. The summed E-state index contributed by atoms with van der Waals surface area (Å²) in [5.41, 5.74) is 0. The Morgan fingerprint density at radius 1 is 0.333 bits per heavy atom. The van der Waals surface area contributed by atoms with E-state index in [0.29, 0.717) is 25.7 Å². The molecule has 0 spiro atoms. The highest BCUT2D eigenvalue weighted by Gasteiger charge is 2.30. The molecule has 0 aromatic heterocycles. The fraction of sp³-hybridized carbons (Fsp3) is 0.935. The molecule has 0 aromatic rings. The van der Waals surface area contributed by atoms with Crippen molar-refractivity contribution in [3.05, 3.63) is 0 Å². The average molecular weight is 1200 g/mol. The maximum atomic E-state index is 13.0. The summed E-state index contributed by atoms with van der Waals surface area (Å²) in [6, 6.07) is 0. The molecule has 0 bridgehead atoms. The Bertz CT molecular complexity index is 1580. The van der Waals surface area contributed by atoms with Crippen LogP contribution in [-0.4, -0.2) is 96.7 Å². The molecule has 2 unspecified atom stereocenters. The number of aliphatic hydroxyl groups is 1. The molecule has 0 radical (unpaired) electrons. The van der Waals surface area contributed by atoms with E-state index in [2.05, 4.69) is 34.6 Å². The molecule has 0 fully saturated rings. The highest BCUT2D eigenvalue weighted by atomic mass is 31.2. The number of carbonyl (C=O) groups excluding carboxylic acids is 4. The summed E-state index contributed by atoms with van der Waals surface area (Å²) in [4.78, 5) is 71.6. The molecule has 0 aliphatic heterocycles. The number of rotatable bonds is 62. The molecule has 81 heavy (non-hydrogen) atoms. The summed E-state index contributed by atoms with van der Waals surface area (Å²) in [5.74, 6) is -1.41. The van der Waals surface area contributed by atoms with Crippen molar-refractivity contribution in [2.45, 2.75) is 329 Å². The zero-order valence-electron chi connectivity index (χ0n) is 51.9. The van der Waals surface area contributed by atoms with Crippen LogP contribution in [0.4, 0.5) is 0 Å². The lowest BCUT2D eigenvalue weighted by atomic mass is 10.0. The quantitative estimate of drug-likeness (QED) is 0.0222. The van der Waals surface area contributed by atoms with E-state index in [1.807, 2.05) is 0 Å². The van der Waals surface area contributed by atoms with Gasteiger partial charge in [-0.1, -0.05) is 259 Å². The van der Waals surface area contributed by atoms with Gasteiger partial charge in [-0.05, 0) is 31.6 Å². The number of esters is 4. The molecule has 0 heterocycles. The summed E-state index contributed by atoms with van der Waals surface area (Å²) in [7, 11) is -9.86. The second kappa shape index (κ2) is 55.9. The zero-order chi connectivity index (χ0) is 59.9. The van der Waals surface area contributed by atoms with Gasteiger partial charge in [0, 0.05) is 25.7 Å². The van der Waals surface area contributed by atoms with Crippen LogP contribution in [0.1, 0.15) is 311 Å². The van der Waals surface area contributed by atoms with Crippen LogP contribution in [0, 0.1) is 5.92 Å². The number of hydrogen-bond donors (Lipinski definition) is 3. The number of hydrogen-bond acceptors (Lipinski definition) is 15. The van der Waals surface area contributed by atoms with Gasteiger partial charge in [0.05, 0.1) is 26.4 Å². The zero-order valence-corrected chi connectivity index (χ0v) is 53.7. The van der Waals surface area contributed by atoms with E-state index in [-0.39, 0.29) is 25.7 Å². The SMILES string of the molecule is CCCCCCCCCCCCCCCCCCCCCC(=O)O[C@H](COC(=O)CCCCCCCCCCCC(C)C)COP(=O)(O)OC[C@@H](O)COP(=O)(O)OC[C@@H](COC(=O)CCCCCCC)OC(=O)CCCCCCC. The number of aliphatic hydroxyl groups excluding tert-OH is 1. The second-order valence-corrected chi connectivity index (χ2v) is 25.8. The second-order valence-electron chi connectivity index (χ2n) is 22.9. The van der Waals surface area contributed by atoms with Gasteiger partial charge in [0.15, 0.2) is 12.2 Å². The Kier molecular flexibility index (Phi) is 54.6. The number of phosphoric ester groups is 2. The van der Waals surface area contributed by atoms with Crippen LogP contribution in [0.3, 0.4) is 0 Å². The minimum absolute atomic E-state index is 0.0988. The van der Waals surface area contributed by atoms with Gasteiger partial charge >= 0.3 is 39.5 Å². The molecular formula is C62H120O17P2. The van der Waals surface area contributed by atoms with Gasteiger partial charge in [0.25, 0.3) is 0 Å². The van der Waals surface area contributed by atoms with Crippen molar-refractivity contribution in [1.29, 1.82) is 0 Å². The smallest absolute Gasteiger partial charge is 0.462 e. The number of phosphoric acid groups is 2. The lowest BCUT2D eigenvalue weighted by Crippen LogP contribution is -2.30. The normalized spacial score (nSPS) is 14.3. The van der Waals surface area contributed by atoms with E-state index in [4.69, 9.17) is 37.0 Å². The first-order valence-electron chi connectivity index (χ1n) is 32.6. The fourth-order valence-electron chi connectivity index (χ4n) is 9.23. The van der Waals surface area contributed by atoms with Crippen LogP contribution >= 0.6 is 15.6 Å². The van der Waals surface area contributed by atoms with Crippen molar-refractivity contribution in [3.63, 3.8) is 0 Å². The van der Waals surface area contributed by atoms with Crippen molar-refractivity contribution < 1.29 is 80.2 Å². The van der Waals surface area contributed by atoms with Crippen LogP contribution in [0.25, 0.3) is 0 Å². The van der Waals surface area contributed by atoms with E-state index >= 15 is 0 Å². The van der Waals surface area contributed by atoms with Gasteiger partial charge in [0.1, 0.15) is 19.3 Å². The van der Waals surface area contributed by atoms with E-state index in [1.165, 1.54) is 128 Å². The topological polar surface area (TPSA) is 237 Å². The van der Waals surface area contributed by atoms with Crippen molar-refractivity contribution in [2.75, 3.05) is 39.6 Å². The molecule has 3 N–H and O–H groups in total. The molecule has 480 valence electrons. The minimum Gasteiger partial charge on any atom is -0.462 e. The predicted octanol–water partition coefficient (Wildman–Crippen LogP) is 17.0. The first-order chi connectivity index (χ1) is 39.0. The molecule has 19 heteroatoms. The molecule has 0 aliphatic rings. The van der Waals surface area contributed by atoms with E-state index in [9.17, 15) is 43.2 Å². The fourth-order valence-corrected chi connectivity index (χ4v) is 10.8. The minimum atomic E-state index is -4.94. The summed E-state index contributed by atoms with van der Waals surface area (Å²) in [6.45, 7) is 6.98. The molecule has 5 atom stereocenters. The molecule has 0 aliphatic carbocycles. The van der Waals surface area contributed by atoms with E-state index in [1.54, 1.807) is 0 Å². The monoisotopic (exact) mass is 1200 g/mol. The summed E-state index contributed by atoms with van der Waals surface area (Å²) < 4.78 is 67.5. The van der Waals surface area contributed by atoms with Gasteiger partial charge < -0.3 is 33.8 Å². The molecular weight excluding hydrogens is 1080 g/mol. The largest absolute Gasteiger partial charge is 0.472 e. The summed E-state index contributed by atoms with van der Waals surface area (Å²) >= 11 is 0. The highest BCUT2D eigenvalue weighted by Crippen LogP contribution is 2.45. The molecule has 0 amide bonds. The third-order valence-electron chi connectivity index (χ3n) is 14.3. The van der Waals surface area contributed by atoms with Gasteiger partial charge in [-0.2, -0.15) is 0 Å². The van der Waals surface area contributed by atoms with Crippen LogP contribution < -0.4 is 0 Å². The molecule has 0 rings (SSSR count). The first kappa shape index (κ1) is 79.1. The third-order valence-corrected chi connectivity index (χ3v) is 16.2. The van der Waals surface area contributed by atoms with Crippen LogP contribution in [0.2, 0.25) is 0 Å². The molecule has 0 saturated heterocycles. The van der Waals surface area contributed by atoms with Gasteiger partial charge in [-0.15, -0.1) is 0 Å². The van der Waals surface area contributed by atoms with E-state index in [0.717, 1.165) is 102 Å². The van der Waals surface area contributed by atoms with Crippen molar-refractivity contribution in [2.24, 2.45) is 5.92 Å². The Balaban J connectivity index is 5.07. The van der Waals surface area contributed by atoms with Crippen molar-refractivity contribution in [3.8, 4) is 0 Å². The Hall–Kier alpha value is -1.94. The lowest BCUT2D eigenvalue weighted by molar-refractivity contribution is -0.161. The maximum absolute atomic E-state index is 13.0. The maximum Gasteiger partial charge on any atom is 0.472 e. The predicted molar refractivity (Wildman–Crippen MR) is 322 cm³/mol. The Morgan fingerprint density at radius 2 is 0.568 bits per heavy atom. The summed E-state index contributed by atoms with van der Waals surface area (Å²) in [6.07, 6.45) is 39.9.